The number of hydrogen-bond donors (Lipinski definition) is 0. The third-order valence-corrected chi connectivity index (χ3v) is 5.42. The van der Waals surface area contributed by atoms with Gasteiger partial charge in [0.25, 0.3) is 0 Å². The summed E-state index contributed by atoms with van der Waals surface area (Å²) >= 11 is 0. The van der Waals surface area contributed by atoms with Gasteiger partial charge in [-0.25, -0.2) is 13.9 Å². The molecule has 1 saturated heterocycles. The lowest BCUT2D eigenvalue weighted by Crippen LogP contribution is -2.51. The third-order valence-electron chi connectivity index (χ3n) is 5.42. The van der Waals surface area contributed by atoms with Crippen molar-refractivity contribution >= 4 is 18.5 Å². The second kappa shape index (κ2) is 6.83. The van der Waals surface area contributed by atoms with E-state index in [1.807, 2.05) is 26.8 Å². The molecule has 0 spiro atoms. The second-order valence-corrected chi connectivity index (χ2v) is 8.72. The summed E-state index contributed by atoms with van der Waals surface area (Å²) in [5, 5.41) is 4.45. The van der Waals surface area contributed by atoms with Gasteiger partial charge in [-0.15, -0.1) is 0 Å². The number of amides is 1. The molecule has 1 aromatic carbocycles. The Bertz CT molecular complexity index is 988. The van der Waals surface area contributed by atoms with Crippen molar-refractivity contribution in [1.29, 1.82) is 0 Å². The molecule has 1 aliphatic heterocycles. The molecular weight excluding hydrogens is 373 g/mol. The number of carbonyl (C=O) groups is 2. The number of likely N-dealkylation sites (tertiary alicyclic amines) is 1. The van der Waals surface area contributed by atoms with Gasteiger partial charge >= 0.3 is 6.09 Å². The van der Waals surface area contributed by atoms with Gasteiger partial charge in [0.05, 0.1) is 23.0 Å². The van der Waals surface area contributed by atoms with E-state index in [1.54, 1.807) is 27.9 Å². The Morgan fingerprint density at radius 3 is 2.66 bits per heavy atom. The molecule has 0 saturated carbocycles. The van der Waals surface area contributed by atoms with Crippen molar-refractivity contribution in [3.05, 3.63) is 53.1 Å². The Kier molecular flexibility index (Phi) is 4.56. The van der Waals surface area contributed by atoms with Crippen LogP contribution >= 0.6 is 0 Å². The number of ether oxygens (including phenoxy) is 1. The number of benzene rings is 1. The van der Waals surface area contributed by atoms with E-state index < -0.39 is 17.1 Å². The highest BCUT2D eigenvalue weighted by molar-refractivity contribution is 5.77. The number of piperidine rings is 1. The molecule has 2 heterocycles. The largest absolute Gasteiger partial charge is 0.444 e. The fraction of sp³-hybridized carbons (Fsp3) is 0.409. The predicted octanol–water partition coefficient (Wildman–Crippen LogP) is 3.78. The number of aromatic nitrogens is 2. The summed E-state index contributed by atoms with van der Waals surface area (Å²) in [6.45, 7) is 6.26. The average molecular weight is 397 g/mol. The molecule has 1 amide bonds. The standard InChI is InChI=1S/C22H24FN3O3/c1-21(2,3)29-20(28)25-9-8-16-10-19-15(11-22(16,13-25)14-27)12-24-26(19)18-6-4-17(23)5-7-18/h4-7,10,12,14H,8-9,11,13H2,1-3H3. The number of carbonyl (C=O) groups excluding carboxylic acids is 2. The van der Waals surface area contributed by atoms with E-state index >= 15 is 0 Å². The van der Waals surface area contributed by atoms with Crippen molar-refractivity contribution in [1.82, 2.24) is 14.7 Å². The molecule has 1 fully saturated rings. The first-order valence-electron chi connectivity index (χ1n) is 9.69. The summed E-state index contributed by atoms with van der Waals surface area (Å²) < 4.78 is 20.5. The van der Waals surface area contributed by atoms with Crippen LogP contribution < -0.4 is 0 Å². The first-order chi connectivity index (χ1) is 13.7. The van der Waals surface area contributed by atoms with Gasteiger partial charge in [-0.3, -0.25) is 0 Å². The highest BCUT2D eigenvalue weighted by Gasteiger charge is 2.45. The predicted molar refractivity (Wildman–Crippen MR) is 106 cm³/mol. The molecule has 0 radical (unpaired) electrons. The van der Waals surface area contributed by atoms with E-state index in [-0.39, 0.29) is 5.82 Å². The van der Waals surface area contributed by atoms with Crippen LogP contribution in [0.2, 0.25) is 0 Å². The lowest BCUT2D eigenvalue weighted by molar-refractivity contribution is -0.116. The molecule has 1 aliphatic carbocycles. The molecule has 7 heteroatoms. The SMILES string of the molecule is CC(C)(C)OC(=O)N1CCC2=Cc3c(cnn3-c3ccc(F)cc3)CC2(C=O)C1. The number of nitrogens with zero attached hydrogens (tertiary/aromatic N) is 3. The second-order valence-electron chi connectivity index (χ2n) is 8.72. The van der Waals surface area contributed by atoms with Crippen molar-refractivity contribution < 1.29 is 18.7 Å². The fourth-order valence-corrected chi connectivity index (χ4v) is 4.02. The van der Waals surface area contributed by atoms with Crippen LogP contribution in [0.5, 0.6) is 0 Å². The Labute approximate surface area is 169 Å². The number of hydrogen-bond acceptors (Lipinski definition) is 4. The highest BCUT2D eigenvalue weighted by atomic mass is 19.1. The van der Waals surface area contributed by atoms with Crippen LogP contribution in [0.25, 0.3) is 11.8 Å². The fourth-order valence-electron chi connectivity index (χ4n) is 4.02. The molecule has 152 valence electrons. The molecule has 4 rings (SSSR count). The Hall–Kier alpha value is -2.96. The van der Waals surface area contributed by atoms with E-state index in [1.165, 1.54) is 12.1 Å². The highest BCUT2D eigenvalue weighted by Crippen LogP contribution is 2.43. The summed E-state index contributed by atoms with van der Waals surface area (Å²) in [7, 11) is 0. The average Bonchev–Trinajstić information content (AvgIpc) is 3.07. The minimum atomic E-state index is -0.765. The van der Waals surface area contributed by atoms with Gasteiger partial charge in [0, 0.05) is 13.1 Å². The molecule has 1 atom stereocenters. The summed E-state index contributed by atoms with van der Waals surface area (Å²) in [6.07, 6.45) is 5.35. The van der Waals surface area contributed by atoms with Crippen LogP contribution in [-0.4, -0.2) is 45.8 Å². The van der Waals surface area contributed by atoms with Crippen molar-refractivity contribution in [3.63, 3.8) is 0 Å². The quantitative estimate of drug-likeness (QED) is 0.724. The first kappa shape index (κ1) is 19.4. The van der Waals surface area contributed by atoms with Gasteiger partial charge in [0.2, 0.25) is 0 Å². The van der Waals surface area contributed by atoms with Gasteiger partial charge in [-0.1, -0.05) is 5.57 Å². The summed E-state index contributed by atoms with van der Waals surface area (Å²) in [5.41, 5.74) is 2.22. The van der Waals surface area contributed by atoms with E-state index in [9.17, 15) is 14.0 Å². The number of aldehydes is 1. The molecule has 2 aromatic rings. The van der Waals surface area contributed by atoms with E-state index in [0.29, 0.717) is 25.9 Å². The Balaban J connectivity index is 1.64. The zero-order valence-corrected chi connectivity index (χ0v) is 16.8. The molecule has 1 unspecified atom stereocenters. The molecule has 6 nitrogen and oxygen atoms in total. The van der Waals surface area contributed by atoms with Crippen molar-refractivity contribution in [3.8, 4) is 5.69 Å². The number of halogens is 1. The maximum absolute atomic E-state index is 13.3. The van der Waals surface area contributed by atoms with E-state index in [0.717, 1.165) is 28.8 Å². The summed E-state index contributed by atoms with van der Waals surface area (Å²) in [6, 6.07) is 6.14. The van der Waals surface area contributed by atoms with Gasteiger partial charge in [0.1, 0.15) is 17.7 Å². The van der Waals surface area contributed by atoms with Crippen LogP contribution in [0.3, 0.4) is 0 Å². The first-order valence-corrected chi connectivity index (χ1v) is 9.69. The van der Waals surface area contributed by atoms with Crippen molar-refractivity contribution in [2.75, 3.05) is 13.1 Å². The number of fused-ring (bicyclic) bond motifs is 2. The van der Waals surface area contributed by atoms with E-state index in [2.05, 4.69) is 5.10 Å². The Morgan fingerprint density at radius 1 is 1.28 bits per heavy atom. The zero-order chi connectivity index (χ0) is 20.8. The molecule has 0 bridgehead atoms. The van der Waals surface area contributed by atoms with Crippen molar-refractivity contribution in [2.45, 2.75) is 39.2 Å². The molecule has 2 aliphatic rings. The van der Waals surface area contributed by atoms with Gasteiger partial charge in [-0.2, -0.15) is 5.10 Å². The maximum Gasteiger partial charge on any atom is 0.410 e. The molecule has 29 heavy (non-hydrogen) atoms. The van der Waals surface area contributed by atoms with Gasteiger partial charge in [0.15, 0.2) is 0 Å². The normalized spacial score (nSPS) is 21.1. The third kappa shape index (κ3) is 3.57. The monoisotopic (exact) mass is 397 g/mol. The topological polar surface area (TPSA) is 64.4 Å². The minimum Gasteiger partial charge on any atom is -0.444 e. The van der Waals surface area contributed by atoms with Crippen LogP contribution in [0, 0.1) is 11.2 Å². The molecular formula is C22H24FN3O3. The lowest BCUT2D eigenvalue weighted by atomic mass is 9.69. The number of rotatable bonds is 2. The smallest absolute Gasteiger partial charge is 0.410 e. The molecule has 0 N–H and O–H groups in total. The van der Waals surface area contributed by atoms with Crippen LogP contribution in [0.1, 0.15) is 38.4 Å². The van der Waals surface area contributed by atoms with E-state index in [4.69, 9.17) is 4.74 Å². The lowest BCUT2D eigenvalue weighted by Gasteiger charge is -2.43. The molecule has 1 aromatic heterocycles. The van der Waals surface area contributed by atoms with Crippen molar-refractivity contribution in [2.24, 2.45) is 5.41 Å². The van der Waals surface area contributed by atoms with Crippen LogP contribution in [-0.2, 0) is 16.0 Å². The Morgan fingerprint density at radius 2 is 2.00 bits per heavy atom. The van der Waals surface area contributed by atoms with Gasteiger partial charge in [-0.05, 0) is 69.5 Å². The summed E-state index contributed by atoms with van der Waals surface area (Å²) in [5.74, 6) is -0.303. The van der Waals surface area contributed by atoms with Gasteiger partial charge < -0.3 is 14.4 Å². The minimum absolute atomic E-state index is 0.290. The zero-order valence-electron chi connectivity index (χ0n) is 16.8. The maximum atomic E-state index is 13.3. The van der Waals surface area contributed by atoms with Crippen LogP contribution in [0.15, 0.2) is 36.0 Å². The van der Waals surface area contributed by atoms with Crippen LogP contribution in [0.4, 0.5) is 9.18 Å². The summed E-state index contributed by atoms with van der Waals surface area (Å²) in [4.78, 5) is 26.4.